The number of aromatic nitrogens is 3. The van der Waals surface area contributed by atoms with E-state index in [2.05, 4.69) is 72.6 Å². The Balaban J connectivity index is 1.75. The number of hydrogen-bond acceptors (Lipinski definition) is 6. The van der Waals surface area contributed by atoms with Gasteiger partial charge in [0.1, 0.15) is 5.82 Å². The lowest BCUT2D eigenvalue weighted by atomic mass is 10.2. The maximum Gasteiger partial charge on any atom is 0.225 e. The molecule has 0 aliphatic carbocycles. The molecule has 2 N–H and O–H groups in total. The minimum absolute atomic E-state index is 0.624. The van der Waals surface area contributed by atoms with Crippen LogP contribution in [0.1, 0.15) is 12.0 Å². The van der Waals surface area contributed by atoms with Gasteiger partial charge in [0, 0.05) is 41.6 Å². The maximum absolute atomic E-state index is 4.66. The van der Waals surface area contributed by atoms with Crippen molar-refractivity contribution < 1.29 is 0 Å². The first kappa shape index (κ1) is 20.2. The summed E-state index contributed by atoms with van der Waals surface area (Å²) in [4.78, 5) is 15.7. The van der Waals surface area contributed by atoms with Crippen LogP contribution in [0, 0.1) is 0 Å². The van der Waals surface area contributed by atoms with E-state index in [0.717, 1.165) is 41.1 Å². The van der Waals surface area contributed by atoms with Gasteiger partial charge < -0.3 is 15.5 Å². The van der Waals surface area contributed by atoms with Gasteiger partial charge in [-0.05, 0) is 56.9 Å². The molecule has 7 heteroatoms. The second kappa shape index (κ2) is 10.1. The highest BCUT2D eigenvalue weighted by molar-refractivity contribution is 9.10. The predicted octanol–water partition coefficient (Wildman–Crippen LogP) is 4.28. The van der Waals surface area contributed by atoms with Crippen LogP contribution in [-0.4, -0.2) is 47.0 Å². The van der Waals surface area contributed by atoms with Gasteiger partial charge in [-0.3, -0.25) is 4.98 Å². The number of halogens is 1. The number of rotatable bonds is 9. The first-order chi connectivity index (χ1) is 13.6. The standard InChI is InChI=1S/C21H25BrN6/c1-28(2)12-4-11-24-21-26-19(17-5-3-10-23-15-17)13-20(27-21)25-14-16-6-8-18(22)9-7-16/h3,5-10,13,15H,4,11-12,14H2,1-2H3,(H2,24,25,26,27). The molecule has 1 aromatic carbocycles. The molecule has 146 valence electrons. The molecule has 0 spiro atoms. The van der Waals surface area contributed by atoms with Crippen molar-refractivity contribution in [3.05, 3.63) is 64.9 Å². The Bertz CT molecular complexity index is 868. The number of anilines is 2. The zero-order valence-corrected chi connectivity index (χ0v) is 17.8. The van der Waals surface area contributed by atoms with Gasteiger partial charge in [0.05, 0.1) is 5.69 Å². The van der Waals surface area contributed by atoms with Crippen LogP contribution in [0.15, 0.2) is 59.3 Å². The van der Waals surface area contributed by atoms with Gasteiger partial charge >= 0.3 is 0 Å². The lowest BCUT2D eigenvalue weighted by Crippen LogP contribution is -2.17. The zero-order chi connectivity index (χ0) is 19.8. The fraction of sp³-hybridized carbons (Fsp3) is 0.286. The Labute approximate surface area is 174 Å². The van der Waals surface area contributed by atoms with Crippen molar-refractivity contribution in [3.8, 4) is 11.3 Å². The zero-order valence-electron chi connectivity index (χ0n) is 16.2. The van der Waals surface area contributed by atoms with Gasteiger partial charge in [-0.25, -0.2) is 4.98 Å². The molecule has 0 saturated heterocycles. The fourth-order valence-corrected chi connectivity index (χ4v) is 2.93. The third-order valence-corrected chi connectivity index (χ3v) is 4.66. The van der Waals surface area contributed by atoms with Gasteiger partial charge in [0.25, 0.3) is 0 Å². The van der Waals surface area contributed by atoms with Crippen LogP contribution in [0.2, 0.25) is 0 Å². The molecule has 3 rings (SSSR count). The van der Waals surface area contributed by atoms with Crippen molar-refractivity contribution in [1.82, 2.24) is 19.9 Å². The average molecular weight is 441 g/mol. The van der Waals surface area contributed by atoms with E-state index in [0.29, 0.717) is 12.5 Å². The Kier molecular flexibility index (Phi) is 7.33. The van der Waals surface area contributed by atoms with E-state index < -0.39 is 0 Å². The van der Waals surface area contributed by atoms with E-state index in [9.17, 15) is 0 Å². The summed E-state index contributed by atoms with van der Waals surface area (Å²) >= 11 is 3.47. The topological polar surface area (TPSA) is 66.0 Å². The Morgan fingerprint density at radius 3 is 2.57 bits per heavy atom. The molecule has 0 aliphatic rings. The van der Waals surface area contributed by atoms with Crippen molar-refractivity contribution in [2.75, 3.05) is 37.8 Å². The Morgan fingerprint density at radius 2 is 1.86 bits per heavy atom. The van der Waals surface area contributed by atoms with Crippen LogP contribution in [0.3, 0.4) is 0 Å². The molecule has 2 aromatic heterocycles. The van der Waals surface area contributed by atoms with Gasteiger partial charge in [0.2, 0.25) is 5.95 Å². The van der Waals surface area contributed by atoms with Crippen LogP contribution >= 0.6 is 15.9 Å². The molecule has 0 saturated carbocycles. The molecule has 3 aromatic rings. The van der Waals surface area contributed by atoms with E-state index in [-0.39, 0.29) is 0 Å². The monoisotopic (exact) mass is 440 g/mol. The molecule has 0 aliphatic heterocycles. The van der Waals surface area contributed by atoms with E-state index in [4.69, 9.17) is 0 Å². The van der Waals surface area contributed by atoms with Gasteiger partial charge in [-0.15, -0.1) is 0 Å². The molecule has 6 nitrogen and oxygen atoms in total. The van der Waals surface area contributed by atoms with E-state index in [1.807, 2.05) is 36.5 Å². The number of nitrogens with one attached hydrogen (secondary N) is 2. The van der Waals surface area contributed by atoms with E-state index in [1.165, 1.54) is 5.56 Å². The quantitative estimate of drug-likeness (QED) is 0.484. The lowest BCUT2D eigenvalue weighted by Gasteiger charge is -2.13. The number of pyridine rings is 1. The second-order valence-electron chi connectivity index (χ2n) is 6.77. The molecular weight excluding hydrogens is 416 g/mol. The number of nitrogens with zero attached hydrogens (tertiary/aromatic N) is 4. The van der Waals surface area contributed by atoms with Crippen molar-refractivity contribution >= 4 is 27.7 Å². The first-order valence-electron chi connectivity index (χ1n) is 9.26. The molecule has 28 heavy (non-hydrogen) atoms. The fourth-order valence-electron chi connectivity index (χ4n) is 2.67. The van der Waals surface area contributed by atoms with Crippen LogP contribution in [0.4, 0.5) is 11.8 Å². The lowest BCUT2D eigenvalue weighted by molar-refractivity contribution is 0.405. The molecule has 2 heterocycles. The largest absolute Gasteiger partial charge is 0.366 e. The van der Waals surface area contributed by atoms with E-state index >= 15 is 0 Å². The van der Waals surface area contributed by atoms with Crippen LogP contribution in [0.25, 0.3) is 11.3 Å². The first-order valence-corrected chi connectivity index (χ1v) is 10.1. The highest BCUT2D eigenvalue weighted by Gasteiger charge is 2.07. The normalized spacial score (nSPS) is 10.9. The summed E-state index contributed by atoms with van der Waals surface area (Å²) in [5.41, 5.74) is 3.00. The highest BCUT2D eigenvalue weighted by atomic mass is 79.9. The minimum atomic E-state index is 0.624. The third kappa shape index (κ3) is 6.28. The maximum atomic E-state index is 4.66. The summed E-state index contributed by atoms with van der Waals surface area (Å²) in [6.07, 6.45) is 4.60. The summed E-state index contributed by atoms with van der Waals surface area (Å²) in [6.45, 7) is 2.53. The summed E-state index contributed by atoms with van der Waals surface area (Å²) in [5.74, 6) is 1.41. The van der Waals surface area contributed by atoms with Crippen molar-refractivity contribution in [2.24, 2.45) is 0 Å². The summed E-state index contributed by atoms with van der Waals surface area (Å²) < 4.78 is 1.07. The van der Waals surface area contributed by atoms with Crippen molar-refractivity contribution in [2.45, 2.75) is 13.0 Å². The molecule has 0 amide bonds. The Hall–Kier alpha value is -2.51. The third-order valence-electron chi connectivity index (χ3n) is 4.14. The van der Waals surface area contributed by atoms with Crippen LogP contribution in [-0.2, 0) is 6.54 Å². The average Bonchev–Trinajstić information content (AvgIpc) is 2.71. The van der Waals surface area contributed by atoms with Gasteiger partial charge in [-0.1, -0.05) is 28.1 Å². The minimum Gasteiger partial charge on any atom is -0.366 e. The van der Waals surface area contributed by atoms with Crippen LogP contribution < -0.4 is 10.6 Å². The SMILES string of the molecule is CN(C)CCCNc1nc(NCc2ccc(Br)cc2)cc(-c2cccnc2)n1. The van der Waals surface area contributed by atoms with Gasteiger partial charge in [-0.2, -0.15) is 4.98 Å². The van der Waals surface area contributed by atoms with E-state index in [1.54, 1.807) is 6.20 Å². The van der Waals surface area contributed by atoms with Crippen molar-refractivity contribution in [1.29, 1.82) is 0 Å². The Morgan fingerprint density at radius 1 is 1.04 bits per heavy atom. The number of benzene rings is 1. The highest BCUT2D eigenvalue weighted by Crippen LogP contribution is 2.21. The molecule has 0 fully saturated rings. The second-order valence-corrected chi connectivity index (χ2v) is 7.68. The smallest absolute Gasteiger partial charge is 0.225 e. The molecule has 0 atom stereocenters. The summed E-state index contributed by atoms with van der Waals surface area (Å²) in [6, 6.07) is 14.1. The number of hydrogen-bond donors (Lipinski definition) is 2. The van der Waals surface area contributed by atoms with Gasteiger partial charge in [0.15, 0.2) is 0 Å². The van der Waals surface area contributed by atoms with Crippen molar-refractivity contribution in [3.63, 3.8) is 0 Å². The molecule has 0 radical (unpaired) electrons. The predicted molar refractivity (Wildman–Crippen MR) is 118 cm³/mol. The molecule has 0 bridgehead atoms. The molecular formula is C21H25BrN6. The molecule has 0 unspecified atom stereocenters. The summed E-state index contributed by atoms with van der Waals surface area (Å²) in [7, 11) is 4.15. The van der Waals surface area contributed by atoms with Crippen LogP contribution in [0.5, 0.6) is 0 Å². The summed E-state index contributed by atoms with van der Waals surface area (Å²) in [5, 5.41) is 6.75.